The van der Waals surface area contributed by atoms with Crippen molar-refractivity contribution in [3.05, 3.63) is 6.20 Å². The van der Waals surface area contributed by atoms with E-state index in [1.54, 1.807) is 0 Å². The summed E-state index contributed by atoms with van der Waals surface area (Å²) >= 11 is -0.334. The number of hydrogen-bond acceptors (Lipinski definition) is 5. The Morgan fingerprint density at radius 1 is 1.27 bits per heavy atom. The molecule has 1 aromatic heterocycles. The van der Waals surface area contributed by atoms with Crippen LogP contribution in [0.25, 0.3) is 0 Å². The number of aromatic nitrogens is 2. The lowest BCUT2D eigenvalue weighted by Crippen LogP contribution is -2.03. The van der Waals surface area contributed by atoms with Gasteiger partial charge in [-0.2, -0.15) is 18.2 Å². The standard InChI is InChI=1S/C7H7F3N2O2S/c1-13-5-4(15-7(8,9)10)3-11-6(12-5)14-2/h3H,1-2H3. The van der Waals surface area contributed by atoms with Crippen molar-refractivity contribution in [1.29, 1.82) is 0 Å². The monoisotopic (exact) mass is 240 g/mol. The molecule has 0 saturated carbocycles. The van der Waals surface area contributed by atoms with E-state index in [1.807, 2.05) is 0 Å². The number of nitrogens with zero attached hydrogens (tertiary/aromatic N) is 2. The van der Waals surface area contributed by atoms with Crippen LogP contribution in [-0.4, -0.2) is 29.7 Å². The van der Waals surface area contributed by atoms with Crippen LogP contribution in [0.4, 0.5) is 13.2 Å². The molecule has 15 heavy (non-hydrogen) atoms. The fourth-order valence-electron chi connectivity index (χ4n) is 0.779. The quantitative estimate of drug-likeness (QED) is 0.757. The van der Waals surface area contributed by atoms with Crippen LogP contribution < -0.4 is 9.47 Å². The summed E-state index contributed by atoms with van der Waals surface area (Å²) in [5.74, 6) is -0.163. The molecule has 0 amide bonds. The van der Waals surface area contributed by atoms with Crippen molar-refractivity contribution >= 4 is 11.8 Å². The van der Waals surface area contributed by atoms with Gasteiger partial charge in [0, 0.05) is 0 Å². The predicted molar refractivity (Wildman–Crippen MR) is 47.0 cm³/mol. The summed E-state index contributed by atoms with van der Waals surface area (Å²) in [5, 5.41) is 0. The average Bonchev–Trinajstić information content (AvgIpc) is 2.16. The summed E-state index contributed by atoms with van der Waals surface area (Å²) in [6, 6.07) is -0.0432. The minimum atomic E-state index is -4.40. The van der Waals surface area contributed by atoms with Gasteiger partial charge in [0.15, 0.2) is 0 Å². The Labute approximate surface area is 87.8 Å². The first-order valence-electron chi connectivity index (χ1n) is 3.67. The maximum atomic E-state index is 12.1. The minimum Gasteiger partial charge on any atom is -0.480 e. The van der Waals surface area contributed by atoms with Crippen molar-refractivity contribution in [2.45, 2.75) is 10.4 Å². The number of methoxy groups -OCH3 is 2. The fourth-order valence-corrected chi connectivity index (χ4v) is 1.35. The lowest BCUT2D eigenvalue weighted by molar-refractivity contribution is -0.0329. The molecular weight excluding hydrogens is 233 g/mol. The van der Waals surface area contributed by atoms with Crippen molar-refractivity contribution < 1.29 is 22.6 Å². The Bertz CT molecular complexity index is 345. The maximum absolute atomic E-state index is 12.1. The molecule has 0 saturated heterocycles. The lowest BCUT2D eigenvalue weighted by Gasteiger charge is -2.09. The van der Waals surface area contributed by atoms with Gasteiger partial charge in [-0.05, 0) is 11.8 Å². The molecule has 0 bridgehead atoms. The van der Waals surface area contributed by atoms with E-state index in [-0.39, 0.29) is 28.5 Å². The average molecular weight is 240 g/mol. The molecule has 1 rings (SSSR count). The first-order valence-corrected chi connectivity index (χ1v) is 4.48. The van der Waals surface area contributed by atoms with Crippen LogP contribution in [0.5, 0.6) is 11.9 Å². The molecule has 8 heteroatoms. The summed E-state index contributed by atoms with van der Waals surface area (Å²) in [5.41, 5.74) is -4.40. The van der Waals surface area contributed by atoms with Gasteiger partial charge < -0.3 is 9.47 Å². The van der Waals surface area contributed by atoms with E-state index in [2.05, 4.69) is 19.4 Å². The molecular formula is C7H7F3N2O2S. The number of hydrogen-bond donors (Lipinski definition) is 0. The second kappa shape index (κ2) is 4.56. The number of alkyl halides is 3. The zero-order valence-corrected chi connectivity index (χ0v) is 8.65. The van der Waals surface area contributed by atoms with Crippen molar-refractivity contribution in [2.75, 3.05) is 14.2 Å². The van der Waals surface area contributed by atoms with E-state index in [0.717, 1.165) is 6.20 Å². The first-order chi connectivity index (χ1) is 6.96. The smallest absolute Gasteiger partial charge is 0.446 e. The molecule has 0 aromatic carbocycles. The normalized spacial score (nSPS) is 11.3. The van der Waals surface area contributed by atoms with E-state index in [4.69, 9.17) is 0 Å². The van der Waals surface area contributed by atoms with E-state index in [1.165, 1.54) is 14.2 Å². The number of rotatable bonds is 3. The zero-order chi connectivity index (χ0) is 11.5. The molecule has 0 aliphatic heterocycles. The van der Waals surface area contributed by atoms with Crippen molar-refractivity contribution in [3.8, 4) is 11.9 Å². The SMILES string of the molecule is COc1ncc(SC(F)(F)F)c(OC)n1. The molecule has 84 valence electrons. The van der Waals surface area contributed by atoms with Crippen LogP contribution in [0.1, 0.15) is 0 Å². The molecule has 0 spiro atoms. The van der Waals surface area contributed by atoms with Crippen LogP contribution in [0.3, 0.4) is 0 Å². The van der Waals surface area contributed by atoms with Crippen molar-refractivity contribution in [2.24, 2.45) is 0 Å². The lowest BCUT2D eigenvalue weighted by atomic mass is 10.6. The highest BCUT2D eigenvalue weighted by Gasteiger charge is 2.31. The molecule has 1 aromatic rings. The topological polar surface area (TPSA) is 44.2 Å². The van der Waals surface area contributed by atoms with E-state index < -0.39 is 5.51 Å². The Hall–Kier alpha value is -1.18. The molecule has 0 fully saturated rings. The van der Waals surface area contributed by atoms with Gasteiger partial charge in [0.2, 0.25) is 5.88 Å². The number of thioether (sulfide) groups is 1. The summed E-state index contributed by atoms with van der Waals surface area (Å²) in [4.78, 5) is 6.97. The van der Waals surface area contributed by atoms with Gasteiger partial charge in [-0.3, -0.25) is 0 Å². The molecule has 0 atom stereocenters. The van der Waals surface area contributed by atoms with Gasteiger partial charge >= 0.3 is 11.5 Å². The largest absolute Gasteiger partial charge is 0.480 e. The van der Waals surface area contributed by atoms with Gasteiger partial charge in [-0.1, -0.05) is 0 Å². The van der Waals surface area contributed by atoms with Crippen LogP contribution in [0, 0.1) is 0 Å². The molecule has 0 aliphatic rings. The predicted octanol–water partition coefficient (Wildman–Crippen LogP) is 2.11. The third kappa shape index (κ3) is 3.46. The van der Waals surface area contributed by atoms with E-state index in [0.29, 0.717) is 0 Å². The Balaban J connectivity index is 2.97. The molecule has 1 heterocycles. The Morgan fingerprint density at radius 3 is 2.40 bits per heavy atom. The van der Waals surface area contributed by atoms with Crippen molar-refractivity contribution in [3.63, 3.8) is 0 Å². The highest BCUT2D eigenvalue weighted by Crippen LogP contribution is 2.40. The summed E-state index contributed by atoms with van der Waals surface area (Å²) in [7, 11) is 2.54. The fraction of sp³-hybridized carbons (Fsp3) is 0.429. The van der Waals surface area contributed by atoms with Gasteiger partial charge in [0.1, 0.15) is 0 Å². The van der Waals surface area contributed by atoms with Crippen LogP contribution >= 0.6 is 11.8 Å². The van der Waals surface area contributed by atoms with Gasteiger partial charge in [-0.15, -0.1) is 0 Å². The number of halogens is 3. The maximum Gasteiger partial charge on any atom is 0.446 e. The van der Waals surface area contributed by atoms with Gasteiger partial charge in [0.05, 0.1) is 25.3 Å². The third-order valence-corrected chi connectivity index (χ3v) is 2.03. The highest BCUT2D eigenvalue weighted by molar-refractivity contribution is 8.00. The molecule has 0 aliphatic carbocycles. The molecule has 4 nitrogen and oxygen atoms in total. The highest BCUT2D eigenvalue weighted by atomic mass is 32.2. The second-order valence-corrected chi connectivity index (χ2v) is 3.38. The van der Waals surface area contributed by atoms with Crippen molar-refractivity contribution in [1.82, 2.24) is 9.97 Å². The number of ether oxygens (including phenoxy) is 2. The first kappa shape index (κ1) is 11.9. The molecule has 0 radical (unpaired) electrons. The van der Waals surface area contributed by atoms with Crippen LogP contribution in [0.2, 0.25) is 0 Å². The van der Waals surface area contributed by atoms with Gasteiger partial charge in [-0.25, -0.2) is 4.98 Å². The molecule has 0 unspecified atom stereocenters. The molecule has 0 N–H and O–H groups in total. The van der Waals surface area contributed by atoms with E-state index >= 15 is 0 Å². The summed E-state index contributed by atoms with van der Waals surface area (Å²) in [6.45, 7) is 0. The summed E-state index contributed by atoms with van der Waals surface area (Å²) < 4.78 is 45.5. The second-order valence-electron chi connectivity index (χ2n) is 2.28. The third-order valence-electron chi connectivity index (χ3n) is 1.30. The van der Waals surface area contributed by atoms with Gasteiger partial charge in [0.25, 0.3) is 0 Å². The van der Waals surface area contributed by atoms with Crippen LogP contribution in [-0.2, 0) is 0 Å². The summed E-state index contributed by atoms with van der Waals surface area (Å²) in [6.07, 6.45) is 1.00. The Kier molecular flexibility index (Phi) is 3.61. The van der Waals surface area contributed by atoms with E-state index in [9.17, 15) is 13.2 Å². The Morgan fingerprint density at radius 2 is 1.93 bits per heavy atom. The van der Waals surface area contributed by atoms with Crippen LogP contribution in [0.15, 0.2) is 11.1 Å². The minimum absolute atomic E-state index is 0.0432. The zero-order valence-electron chi connectivity index (χ0n) is 7.83.